The van der Waals surface area contributed by atoms with Crippen LogP contribution in [0.4, 0.5) is 5.69 Å². The Balaban J connectivity index is 1.64. The molecule has 1 aliphatic rings. The molecule has 4 rings (SSSR count). The summed E-state index contributed by atoms with van der Waals surface area (Å²) in [6.07, 6.45) is 6.93. The van der Waals surface area contributed by atoms with Crippen molar-refractivity contribution in [3.8, 4) is 5.75 Å². The fraction of sp³-hybridized carbons (Fsp3) is 0.217. The van der Waals surface area contributed by atoms with Gasteiger partial charge in [0.2, 0.25) is 0 Å². The predicted molar refractivity (Wildman–Crippen MR) is 114 cm³/mol. The lowest BCUT2D eigenvalue weighted by Gasteiger charge is -2.24. The minimum absolute atomic E-state index is 0.156. The highest BCUT2D eigenvalue weighted by atomic mass is 16.5. The summed E-state index contributed by atoms with van der Waals surface area (Å²) in [6, 6.07) is 18.7. The second-order valence-corrected chi connectivity index (χ2v) is 6.91. The highest BCUT2D eigenvalue weighted by Gasteiger charge is 2.28. The molecule has 0 aliphatic carbocycles. The van der Waals surface area contributed by atoms with E-state index in [-0.39, 0.29) is 6.04 Å². The monoisotopic (exact) mass is 372 g/mol. The van der Waals surface area contributed by atoms with E-state index in [1.54, 1.807) is 7.11 Å². The number of aromatic nitrogens is 2. The number of benzene rings is 2. The van der Waals surface area contributed by atoms with Crippen LogP contribution in [0, 0.1) is 6.92 Å². The number of hydrazone groups is 1. The first kappa shape index (κ1) is 18.0. The first-order valence-corrected chi connectivity index (χ1v) is 9.38. The Kier molecular flexibility index (Phi) is 4.98. The summed E-state index contributed by atoms with van der Waals surface area (Å²) in [7, 11) is 3.64. The van der Waals surface area contributed by atoms with Gasteiger partial charge in [-0.3, -0.25) is 9.69 Å². The Hall–Kier alpha value is -3.34. The maximum atomic E-state index is 5.30. The minimum atomic E-state index is 0.156. The predicted octanol–water partition coefficient (Wildman–Crippen LogP) is 4.76. The molecule has 0 saturated heterocycles. The van der Waals surface area contributed by atoms with Gasteiger partial charge >= 0.3 is 0 Å². The van der Waals surface area contributed by atoms with Crippen LogP contribution in [0.25, 0.3) is 6.08 Å². The summed E-state index contributed by atoms with van der Waals surface area (Å²) < 4.78 is 7.19. The van der Waals surface area contributed by atoms with E-state index < -0.39 is 0 Å². The quantitative estimate of drug-likeness (QED) is 0.649. The van der Waals surface area contributed by atoms with E-state index in [1.165, 1.54) is 5.56 Å². The van der Waals surface area contributed by atoms with Crippen molar-refractivity contribution in [1.82, 2.24) is 9.78 Å². The first-order chi connectivity index (χ1) is 13.7. The first-order valence-electron chi connectivity index (χ1n) is 9.38. The maximum Gasteiger partial charge on any atom is 0.118 e. The van der Waals surface area contributed by atoms with Gasteiger partial charge in [-0.25, -0.2) is 0 Å². The van der Waals surface area contributed by atoms with Gasteiger partial charge in [-0.1, -0.05) is 30.3 Å². The summed E-state index contributed by atoms with van der Waals surface area (Å²) in [5.41, 5.74) is 5.61. The Morgan fingerprint density at radius 3 is 2.43 bits per heavy atom. The largest absolute Gasteiger partial charge is 0.497 e. The molecule has 0 amide bonds. The zero-order valence-corrected chi connectivity index (χ0v) is 16.4. The van der Waals surface area contributed by atoms with Crippen LogP contribution in [-0.4, -0.2) is 22.6 Å². The zero-order valence-electron chi connectivity index (χ0n) is 16.4. The summed E-state index contributed by atoms with van der Waals surface area (Å²) in [4.78, 5) is 0. The SMILES string of the molecule is COc1ccc(C2CC(C=Cc3cnn(C)c3C)=NN2c2ccccc2)cc1. The molecule has 0 saturated carbocycles. The molecule has 0 N–H and O–H groups in total. The molecule has 2 heterocycles. The number of aryl methyl sites for hydroxylation is 1. The lowest BCUT2D eigenvalue weighted by Crippen LogP contribution is -2.18. The van der Waals surface area contributed by atoms with Crippen LogP contribution in [0.2, 0.25) is 0 Å². The molecule has 28 heavy (non-hydrogen) atoms. The minimum Gasteiger partial charge on any atom is -0.497 e. The van der Waals surface area contributed by atoms with Gasteiger partial charge in [-0.2, -0.15) is 10.2 Å². The molecule has 5 heteroatoms. The Bertz CT molecular complexity index is 1000. The lowest BCUT2D eigenvalue weighted by atomic mass is 10.0. The molecule has 0 radical (unpaired) electrons. The molecule has 0 spiro atoms. The summed E-state index contributed by atoms with van der Waals surface area (Å²) >= 11 is 0. The molecule has 2 aromatic carbocycles. The van der Waals surface area contributed by atoms with Crippen LogP contribution < -0.4 is 9.75 Å². The van der Waals surface area contributed by atoms with Crippen molar-refractivity contribution >= 4 is 17.5 Å². The normalized spacial score (nSPS) is 16.6. The number of hydrogen-bond acceptors (Lipinski definition) is 4. The molecular weight excluding hydrogens is 348 g/mol. The van der Waals surface area contributed by atoms with Crippen LogP contribution in [0.1, 0.15) is 29.3 Å². The molecule has 3 aromatic rings. The van der Waals surface area contributed by atoms with Gasteiger partial charge in [0.15, 0.2) is 0 Å². The Morgan fingerprint density at radius 1 is 1.04 bits per heavy atom. The zero-order chi connectivity index (χ0) is 19.5. The maximum absolute atomic E-state index is 5.30. The van der Waals surface area contributed by atoms with Crippen molar-refractivity contribution in [2.45, 2.75) is 19.4 Å². The van der Waals surface area contributed by atoms with E-state index >= 15 is 0 Å². The Labute approximate surface area is 165 Å². The second kappa shape index (κ2) is 7.72. The number of para-hydroxylation sites is 1. The number of hydrogen-bond donors (Lipinski definition) is 0. The van der Waals surface area contributed by atoms with Crippen molar-refractivity contribution in [3.63, 3.8) is 0 Å². The van der Waals surface area contributed by atoms with Crippen molar-refractivity contribution in [2.75, 3.05) is 12.1 Å². The van der Waals surface area contributed by atoms with E-state index in [4.69, 9.17) is 9.84 Å². The molecule has 0 bridgehead atoms. The third-order valence-electron chi connectivity index (χ3n) is 5.18. The van der Waals surface area contributed by atoms with Gasteiger partial charge in [0, 0.05) is 24.7 Å². The number of allylic oxidation sites excluding steroid dienone is 1. The number of ether oxygens (including phenoxy) is 1. The fourth-order valence-electron chi connectivity index (χ4n) is 3.40. The molecule has 0 fully saturated rings. The fourth-order valence-corrected chi connectivity index (χ4v) is 3.40. The van der Waals surface area contributed by atoms with E-state index in [0.717, 1.165) is 34.8 Å². The Morgan fingerprint density at radius 2 is 1.79 bits per heavy atom. The molecule has 1 aliphatic heterocycles. The number of anilines is 1. The van der Waals surface area contributed by atoms with Crippen LogP contribution in [0.5, 0.6) is 5.75 Å². The van der Waals surface area contributed by atoms with E-state index in [1.807, 2.05) is 48.3 Å². The summed E-state index contributed by atoms with van der Waals surface area (Å²) in [6.45, 7) is 2.07. The molecule has 142 valence electrons. The van der Waals surface area contributed by atoms with Crippen molar-refractivity contribution in [1.29, 1.82) is 0 Å². The molecule has 1 atom stereocenters. The molecule has 5 nitrogen and oxygen atoms in total. The van der Waals surface area contributed by atoms with E-state index in [9.17, 15) is 0 Å². The van der Waals surface area contributed by atoms with Gasteiger partial charge in [0.25, 0.3) is 0 Å². The van der Waals surface area contributed by atoms with Crippen molar-refractivity contribution in [2.24, 2.45) is 12.1 Å². The lowest BCUT2D eigenvalue weighted by molar-refractivity contribution is 0.414. The highest BCUT2D eigenvalue weighted by molar-refractivity contribution is 6.01. The van der Waals surface area contributed by atoms with Gasteiger partial charge in [0.05, 0.1) is 30.7 Å². The summed E-state index contributed by atoms with van der Waals surface area (Å²) in [5.74, 6) is 0.862. The number of nitrogens with zero attached hydrogens (tertiary/aromatic N) is 4. The number of methoxy groups -OCH3 is 1. The van der Waals surface area contributed by atoms with Gasteiger partial charge in [-0.05, 0) is 48.9 Å². The third-order valence-corrected chi connectivity index (χ3v) is 5.18. The highest BCUT2D eigenvalue weighted by Crippen LogP contribution is 2.36. The van der Waals surface area contributed by atoms with Crippen LogP contribution in [0.3, 0.4) is 0 Å². The van der Waals surface area contributed by atoms with Gasteiger partial charge < -0.3 is 4.74 Å². The van der Waals surface area contributed by atoms with Crippen LogP contribution in [-0.2, 0) is 7.05 Å². The second-order valence-electron chi connectivity index (χ2n) is 6.91. The van der Waals surface area contributed by atoms with Crippen LogP contribution >= 0.6 is 0 Å². The van der Waals surface area contributed by atoms with Gasteiger partial charge in [0.1, 0.15) is 5.75 Å². The smallest absolute Gasteiger partial charge is 0.118 e. The van der Waals surface area contributed by atoms with Crippen molar-refractivity contribution < 1.29 is 4.74 Å². The molecule has 1 aromatic heterocycles. The average Bonchev–Trinajstić information content (AvgIpc) is 3.31. The topological polar surface area (TPSA) is 42.6 Å². The van der Waals surface area contributed by atoms with E-state index in [2.05, 4.69) is 53.4 Å². The average molecular weight is 372 g/mol. The van der Waals surface area contributed by atoms with Crippen LogP contribution in [0.15, 0.2) is 72.0 Å². The van der Waals surface area contributed by atoms with Gasteiger partial charge in [-0.15, -0.1) is 0 Å². The molecular formula is C23H24N4O. The summed E-state index contributed by atoms with van der Waals surface area (Å²) in [5, 5.41) is 11.3. The molecule has 1 unspecified atom stereocenters. The standard InChI is InChI=1S/C23H24N4O/c1-17-19(16-24-26(17)2)9-12-20-15-23(18-10-13-22(28-3)14-11-18)27(25-20)21-7-5-4-6-8-21/h4-14,16,23H,15H2,1-3H3. The number of rotatable bonds is 5. The van der Waals surface area contributed by atoms with E-state index in [0.29, 0.717) is 0 Å². The third kappa shape index (κ3) is 3.56. The van der Waals surface area contributed by atoms with Crippen molar-refractivity contribution in [3.05, 3.63) is 83.7 Å².